The SMILES string of the molecule is Cc1nc(C(F)(F)F)ccc1S(=O)(=O)N1CC2(C1)CN([C@H]1C[C@@]3(CCO3)C1)C2. The van der Waals surface area contributed by atoms with Gasteiger partial charge in [0.25, 0.3) is 0 Å². The molecule has 6 nitrogen and oxygen atoms in total. The standard InChI is InChI=1S/C18H22F3N3O3S/c1-12-14(2-3-15(22-12)18(19,20)21)28(25,26)24-10-16(11-24)8-23(9-16)13-6-17(7-13)4-5-27-17/h2-3,13H,4-11H2,1H3/t13-,17-. The van der Waals surface area contributed by atoms with Gasteiger partial charge in [0.2, 0.25) is 10.0 Å². The first-order chi connectivity index (χ1) is 13.0. The molecule has 0 radical (unpaired) electrons. The zero-order valence-corrected chi connectivity index (χ0v) is 16.3. The van der Waals surface area contributed by atoms with E-state index in [9.17, 15) is 21.6 Å². The molecule has 4 aliphatic rings. The van der Waals surface area contributed by atoms with E-state index in [1.165, 1.54) is 11.2 Å². The Hall–Kier alpha value is -1.23. The molecule has 28 heavy (non-hydrogen) atoms. The normalized spacial score (nSPS) is 32.5. The van der Waals surface area contributed by atoms with Crippen LogP contribution in [0.4, 0.5) is 13.2 Å². The van der Waals surface area contributed by atoms with Crippen LogP contribution < -0.4 is 0 Å². The molecule has 4 fully saturated rings. The van der Waals surface area contributed by atoms with Crippen molar-refractivity contribution in [3.05, 3.63) is 23.5 Å². The minimum atomic E-state index is -4.59. The molecule has 3 saturated heterocycles. The molecule has 3 aliphatic heterocycles. The monoisotopic (exact) mass is 417 g/mol. The Kier molecular flexibility index (Phi) is 3.81. The highest BCUT2D eigenvalue weighted by Crippen LogP contribution is 2.51. The van der Waals surface area contributed by atoms with Crippen molar-refractivity contribution in [1.82, 2.24) is 14.2 Å². The molecule has 5 rings (SSSR count). The van der Waals surface area contributed by atoms with Gasteiger partial charge in [0.05, 0.1) is 17.9 Å². The Morgan fingerprint density at radius 3 is 2.32 bits per heavy atom. The Morgan fingerprint density at radius 1 is 1.18 bits per heavy atom. The van der Waals surface area contributed by atoms with E-state index in [0.29, 0.717) is 19.1 Å². The van der Waals surface area contributed by atoms with Crippen LogP contribution in [0.1, 0.15) is 30.7 Å². The van der Waals surface area contributed by atoms with Crippen molar-refractivity contribution < 1.29 is 26.3 Å². The van der Waals surface area contributed by atoms with E-state index in [1.54, 1.807) is 0 Å². The summed E-state index contributed by atoms with van der Waals surface area (Å²) in [5.41, 5.74) is -1.07. The van der Waals surface area contributed by atoms with Crippen LogP contribution in [0.5, 0.6) is 0 Å². The summed E-state index contributed by atoms with van der Waals surface area (Å²) in [5.74, 6) is 0. The number of hydrogen-bond acceptors (Lipinski definition) is 5. The molecule has 2 spiro atoms. The molecule has 0 atom stereocenters. The van der Waals surface area contributed by atoms with E-state index >= 15 is 0 Å². The average molecular weight is 417 g/mol. The van der Waals surface area contributed by atoms with E-state index in [1.807, 2.05) is 0 Å². The molecule has 1 saturated carbocycles. The Balaban J connectivity index is 1.20. The Bertz CT molecular complexity index is 908. The second-order valence-electron chi connectivity index (χ2n) is 8.80. The molecule has 0 aromatic carbocycles. The highest BCUT2D eigenvalue weighted by atomic mass is 32.2. The molecule has 0 amide bonds. The van der Waals surface area contributed by atoms with E-state index in [4.69, 9.17) is 4.74 Å². The third-order valence-corrected chi connectivity index (χ3v) is 8.67. The summed E-state index contributed by atoms with van der Waals surface area (Å²) in [5, 5.41) is 0. The molecule has 1 aromatic heterocycles. The van der Waals surface area contributed by atoms with Crippen LogP contribution in [0.15, 0.2) is 17.0 Å². The lowest BCUT2D eigenvalue weighted by molar-refractivity contribution is -0.237. The predicted octanol–water partition coefficient (Wildman–Crippen LogP) is 2.04. The summed E-state index contributed by atoms with van der Waals surface area (Å²) >= 11 is 0. The number of aryl methyl sites for hydroxylation is 1. The number of hydrogen-bond donors (Lipinski definition) is 0. The van der Waals surface area contributed by atoms with Crippen LogP contribution in [-0.2, 0) is 20.9 Å². The first-order valence-electron chi connectivity index (χ1n) is 9.45. The number of halogens is 3. The summed E-state index contributed by atoms with van der Waals surface area (Å²) in [6.45, 7) is 4.76. The number of alkyl halides is 3. The number of pyridine rings is 1. The fourth-order valence-electron chi connectivity index (χ4n) is 5.03. The summed E-state index contributed by atoms with van der Waals surface area (Å²) < 4.78 is 70.9. The number of aromatic nitrogens is 1. The van der Waals surface area contributed by atoms with Crippen LogP contribution in [0, 0.1) is 12.3 Å². The van der Waals surface area contributed by atoms with Gasteiger partial charge < -0.3 is 4.74 Å². The zero-order valence-electron chi connectivity index (χ0n) is 15.5. The van der Waals surface area contributed by atoms with E-state index in [2.05, 4.69) is 9.88 Å². The van der Waals surface area contributed by atoms with Gasteiger partial charge >= 0.3 is 6.18 Å². The van der Waals surface area contributed by atoms with Gasteiger partial charge in [-0.25, -0.2) is 13.4 Å². The highest BCUT2D eigenvalue weighted by Gasteiger charge is 2.60. The van der Waals surface area contributed by atoms with Gasteiger partial charge in [0.1, 0.15) is 10.6 Å². The fraction of sp³-hybridized carbons (Fsp3) is 0.722. The summed E-state index contributed by atoms with van der Waals surface area (Å²) in [7, 11) is -3.82. The van der Waals surface area contributed by atoms with E-state index < -0.39 is 21.9 Å². The first kappa shape index (κ1) is 18.8. The lowest BCUT2D eigenvalue weighted by atomic mass is 9.66. The van der Waals surface area contributed by atoms with Crippen LogP contribution in [-0.4, -0.2) is 67.0 Å². The second kappa shape index (κ2) is 5.68. The van der Waals surface area contributed by atoms with Crippen molar-refractivity contribution >= 4 is 10.0 Å². The van der Waals surface area contributed by atoms with Gasteiger partial charge in [-0.05, 0) is 38.3 Å². The Morgan fingerprint density at radius 2 is 1.82 bits per heavy atom. The van der Waals surface area contributed by atoms with Crippen molar-refractivity contribution in [3.8, 4) is 0 Å². The molecule has 4 heterocycles. The number of rotatable bonds is 3. The number of sulfonamides is 1. The third-order valence-electron chi connectivity index (χ3n) is 6.74. The summed E-state index contributed by atoms with van der Waals surface area (Å²) in [6.07, 6.45) is -1.30. The van der Waals surface area contributed by atoms with Gasteiger partial charge in [-0.1, -0.05) is 0 Å². The molecular weight excluding hydrogens is 395 g/mol. The topological polar surface area (TPSA) is 62.7 Å². The summed E-state index contributed by atoms with van der Waals surface area (Å²) in [4.78, 5) is 5.71. The fourth-order valence-corrected chi connectivity index (χ4v) is 6.86. The van der Waals surface area contributed by atoms with Crippen LogP contribution in [0.3, 0.4) is 0 Å². The number of likely N-dealkylation sites (tertiary alicyclic amines) is 1. The maximum Gasteiger partial charge on any atom is 0.433 e. The number of ether oxygens (including phenoxy) is 1. The predicted molar refractivity (Wildman–Crippen MR) is 93.1 cm³/mol. The molecule has 10 heteroatoms. The quantitative estimate of drug-likeness (QED) is 0.753. The van der Waals surface area contributed by atoms with Gasteiger partial charge in [-0.3, -0.25) is 4.90 Å². The highest BCUT2D eigenvalue weighted by molar-refractivity contribution is 7.89. The molecule has 1 aromatic rings. The van der Waals surface area contributed by atoms with Crippen LogP contribution in [0.25, 0.3) is 0 Å². The minimum absolute atomic E-state index is 0.0104. The van der Waals surface area contributed by atoms with Crippen molar-refractivity contribution in [3.63, 3.8) is 0 Å². The van der Waals surface area contributed by atoms with Crippen LogP contribution >= 0.6 is 0 Å². The molecule has 154 valence electrons. The largest absolute Gasteiger partial charge is 0.433 e. The van der Waals surface area contributed by atoms with Gasteiger partial charge in [-0.15, -0.1) is 0 Å². The third kappa shape index (κ3) is 2.72. The zero-order chi connectivity index (χ0) is 19.9. The van der Waals surface area contributed by atoms with Crippen molar-refractivity contribution in [2.45, 2.75) is 48.9 Å². The van der Waals surface area contributed by atoms with E-state index in [0.717, 1.165) is 51.1 Å². The summed E-state index contributed by atoms with van der Waals surface area (Å²) in [6, 6.07) is 2.29. The van der Waals surface area contributed by atoms with Gasteiger partial charge in [0, 0.05) is 37.6 Å². The molecule has 1 aliphatic carbocycles. The Labute approximate surface area is 161 Å². The van der Waals surface area contributed by atoms with E-state index in [-0.39, 0.29) is 21.6 Å². The second-order valence-corrected chi connectivity index (χ2v) is 10.7. The molecule has 0 bridgehead atoms. The van der Waals surface area contributed by atoms with Gasteiger partial charge in [-0.2, -0.15) is 17.5 Å². The van der Waals surface area contributed by atoms with Crippen molar-refractivity contribution in [2.75, 3.05) is 32.8 Å². The maximum atomic E-state index is 12.8. The molecular formula is C18H22F3N3O3S. The van der Waals surface area contributed by atoms with Crippen molar-refractivity contribution in [2.24, 2.45) is 5.41 Å². The minimum Gasteiger partial charge on any atom is -0.375 e. The van der Waals surface area contributed by atoms with Crippen molar-refractivity contribution in [1.29, 1.82) is 0 Å². The smallest absolute Gasteiger partial charge is 0.375 e. The lowest BCUT2D eigenvalue weighted by Crippen LogP contribution is -2.76. The lowest BCUT2D eigenvalue weighted by Gasteiger charge is -2.65. The molecule has 0 N–H and O–H groups in total. The molecule has 0 unspecified atom stereocenters. The average Bonchev–Trinajstić information content (AvgIpc) is 2.42. The van der Waals surface area contributed by atoms with Gasteiger partial charge in [0.15, 0.2) is 0 Å². The number of nitrogens with zero attached hydrogens (tertiary/aromatic N) is 3. The van der Waals surface area contributed by atoms with Crippen LogP contribution in [0.2, 0.25) is 0 Å². The first-order valence-corrected chi connectivity index (χ1v) is 10.9. The maximum absolute atomic E-state index is 12.8.